The normalized spacial score (nSPS) is 17.2. The summed E-state index contributed by atoms with van der Waals surface area (Å²) in [5.74, 6) is 0.259. The lowest BCUT2D eigenvalue weighted by atomic mass is 10.2. The van der Waals surface area contributed by atoms with Gasteiger partial charge in [-0.05, 0) is 12.1 Å². The van der Waals surface area contributed by atoms with Crippen LogP contribution < -0.4 is 0 Å². The highest BCUT2D eigenvalue weighted by Crippen LogP contribution is 2.13. The van der Waals surface area contributed by atoms with Crippen molar-refractivity contribution in [3.8, 4) is 5.75 Å². The van der Waals surface area contributed by atoms with Crippen LogP contribution in [-0.4, -0.2) is 42.6 Å². The van der Waals surface area contributed by atoms with Crippen LogP contribution in [0.15, 0.2) is 29.4 Å². The fraction of sp³-hybridized carbons (Fsp3) is 0.364. The Morgan fingerprint density at radius 2 is 2.00 bits per heavy atom. The number of ether oxygens (including phenoxy) is 1. The molecular weight excluding hydrogens is 192 g/mol. The smallest absolute Gasteiger partial charge is 0.124 e. The summed E-state index contributed by atoms with van der Waals surface area (Å²) in [6.07, 6.45) is 1.68. The molecule has 15 heavy (non-hydrogen) atoms. The highest BCUT2D eigenvalue weighted by Gasteiger charge is 2.06. The number of hydrazone groups is 1. The van der Waals surface area contributed by atoms with E-state index >= 15 is 0 Å². The summed E-state index contributed by atoms with van der Waals surface area (Å²) in [5.41, 5.74) is 0.740. The van der Waals surface area contributed by atoms with E-state index in [9.17, 15) is 5.11 Å². The van der Waals surface area contributed by atoms with Gasteiger partial charge in [0.2, 0.25) is 0 Å². The van der Waals surface area contributed by atoms with Gasteiger partial charge in [0, 0.05) is 5.56 Å². The third-order valence-electron chi connectivity index (χ3n) is 2.28. The molecule has 0 radical (unpaired) electrons. The number of rotatable bonds is 2. The Balaban J connectivity index is 2.01. The van der Waals surface area contributed by atoms with Crippen LogP contribution in [0.25, 0.3) is 0 Å². The highest BCUT2D eigenvalue weighted by atomic mass is 16.5. The summed E-state index contributed by atoms with van der Waals surface area (Å²) < 4.78 is 5.21. The number of hydrogen-bond acceptors (Lipinski definition) is 4. The Labute approximate surface area is 88.8 Å². The topological polar surface area (TPSA) is 45.1 Å². The average molecular weight is 206 g/mol. The first kappa shape index (κ1) is 9.98. The van der Waals surface area contributed by atoms with E-state index in [1.165, 1.54) is 0 Å². The van der Waals surface area contributed by atoms with Crippen LogP contribution in [0, 0.1) is 0 Å². The molecule has 0 atom stereocenters. The van der Waals surface area contributed by atoms with Gasteiger partial charge in [-0.2, -0.15) is 5.10 Å². The van der Waals surface area contributed by atoms with Crippen molar-refractivity contribution in [1.82, 2.24) is 5.01 Å². The van der Waals surface area contributed by atoms with Gasteiger partial charge >= 0.3 is 0 Å². The van der Waals surface area contributed by atoms with Crippen molar-refractivity contribution in [2.45, 2.75) is 0 Å². The third-order valence-corrected chi connectivity index (χ3v) is 2.28. The van der Waals surface area contributed by atoms with Crippen LogP contribution in [-0.2, 0) is 4.74 Å². The Kier molecular flexibility index (Phi) is 3.19. The van der Waals surface area contributed by atoms with Crippen LogP contribution >= 0.6 is 0 Å². The zero-order valence-electron chi connectivity index (χ0n) is 8.47. The molecule has 1 aliphatic rings. The Bertz CT molecular complexity index is 346. The number of phenols is 1. The summed E-state index contributed by atoms with van der Waals surface area (Å²) >= 11 is 0. The van der Waals surface area contributed by atoms with E-state index in [-0.39, 0.29) is 5.75 Å². The molecule has 0 spiro atoms. The molecule has 0 unspecified atom stereocenters. The van der Waals surface area contributed by atoms with Crippen molar-refractivity contribution in [1.29, 1.82) is 0 Å². The molecule has 1 aliphatic heterocycles. The monoisotopic (exact) mass is 206 g/mol. The maximum atomic E-state index is 9.51. The molecule has 1 aromatic rings. The van der Waals surface area contributed by atoms with E-state index in [4.69, 9.17) is 4.74 Å². The number of phenolic OH excluding ortho intramolecular Hbond substituents is 1. The summed E-state index contributed by atoms with van der Waals surface area (Å²) in [5, 5.41) is 15.7. The molecule has 4 heteroatoms. The minimum absolute atomic E-state index is 0.259. The van der Waals surface area contributed by atoms with E-state index < -0.39 is 0 Å². The fourth-order valence-corrected chi connectivity index (χ4v) is 1.41. The molecule has 0 amide bonds. The zero-order valence-corrected chi connectivity index (χ0v) is 8.47. The van der Waals surface area contributed by atoms with Crippen LogP contribution in [0.3, 0.4) is 0 Å². The lowest BCUT2D eigenvalue weighted by molar-refractivity contribution is 0.0397. The first-order valence-corrected chi connectivity index (χ1v) is 5.01. The average Bonchev–Trinajstić information content (AvgIpc) is 2.29. The van der Waals surface area contributed by atoms with Crippen molar-refractivity contribution in [2.75, 3.05) is 26.3 Å². The molecule has 2 rings (SSSR count). The van der Waals surface area contributed by atoms with Crippen LogP contribution in [0.5, 0.6) is 5.75 Å². The van der Waals surface area contributed by atoms with Gasteiger partial charge < -0.3 is 9.84 Å². The van der Waals surface area contributed by atoms with E-state index in [0.717, 1.165) is 31.9 Å². The summed E-state index contributed by atoms with van der Waals surface area (Å²) in [7, 11) is 0. The Morgan fingerprint density at radius 3 is 2.73 bits per heavy atom. The molecule has 0 aromatic heterocycles. The number of hydrogen-bond donors (Lipinski definition) is 1. The molecule has 0 saturated carbocycles. The molecule has 1 aromatic carbocycles. The van der Waals surface area contributed by atoms with Gasteiger partial charge in [0.15, 0.2) is 0 Å². The standard InChI is InChI=1S/C11H14N2O2/c14-11-4-2-1-3-10(11)9-12-13-5-7-15-8-6-13/h1-4,9,14H,5-8H2/b12-9+. The summed E-state index contributed by atoms with van der Waals surface area (Å²) in [6, 6.07) is 7.15. The van der Waals surface area contributed by atoms with Gasteiger partial charge in [-0.15, -0.1) is 0 Å². The second-order valence-corrected chi connectivity index (χ2v) is 3.37. The quantitative estimate of drug-likeness (QED) is 0.736. The summed E-state index contributed by atoms with van der Waals surface area (Å²) in [6.45, 7) is 3.06. The molecule has 1 N–H and O–H groups in total. The van der Waals surface area contributed by atoms with E-state index in [2.05, 4.69) is 5.10 Å². The predicted molar refractivity (Wildman–Crippen MR) is 58.1 cm³/mol. The first-order chi connectivity index (χ1) is 7.36. The Morgan fingerprint density at radius 1 is 1.27 bits per heavy atom. The van der Waals surface area contributed by atoms with Crippen molar-refractivity contribution < 1.29 is 9.84 Å². The van der Waals surface area contributed by atoms with Crippen LogP contribution in [0.2, 0.25) is 0 Å². The van der Waals surface area contributed by atoms with Crippen LogP contribution in [0.1, 0.15) is 5.56 Å². The minimum Gasteiger partial charge on any atom is -0.507 e. The zero-order chi connectivity index (χ0) is 10.5. The van der Waals surface area contributed by atoms with Crippen molar-refractivity contribution >= 4 is 6.21 Å². The van der Waals surface area contributed by atoms with E-state index in [1.54, 1.807) is 18.3 Å². The predicted octanol–water partition coefficient (Wildman–Crippen LogP) is 1.06. The highest BCUT2D eigenvalue weighted by molar-refractivity contribution is 5.82. The molecule has 1 fully saturated rings. The van der Waals surface area contributed by atoms with Crippen molar-refractivity contribution in [3.05, 3.63) is 29.8 Å². The number of aromatic hydroxyl groups is 1. The molecule has 4 nitrogen and oxygen atoms in total. The molecule has 0 aliphatic carbocycles. The number of para-hydroxylation sites is 1. The molecule has 0 bridgehead atoms. The van der Waals surface area contributed by atoms with Crippen molar-refractivity contribution in [2.24, 2.45) is 5.10 Å². The van der Waals surface area contributed by atoms with E-state index in [0.29, 0.717) is 0 Å². The number of morpholine rings is 1. The minimum atomic E-state index is 0.259. The van der Waals surface area contributed by atoms with Gasteiger partial charge in [0.25, 0.3) is 0 Å². The SMILES string of the molecule is Oc1ccccc1/C=N/N1CCOCC1. The fourth-order valence-electron chi connectivity index (χ4n) is 1.41. The molecule has 1 heterocycles. The maximum absolute atomic E-state index is 9.51. The van der Waals surface area contributed by atoms with Gasteiger partial charge in [-0.1, -0.05) is 12.1 Å². The van der Waals surface area contributed by atoms with E-state index in [1.807, 2.05) is 17.1 Å². The lowest BCUT2D eigenvalue weighted by Crippen LogP contribution is -2.32. The van der Waals surface area contributed by atoms with Crippen molar-refractivity contribution in [3.63, 3.8) is 0 Å². The lowest BCUT2D eigenvalue weighted by Gasteiger charge is -2.23. The first-order valence-electron chi connectivity index (χ1n) is 5.01. The Hall–Kier alpha value is -1.55. The molecule has 80 valence electrons. The van der Waals surface area contributed by atoms with Gasteiger partial charge in [-0.25, -0.2) is 0 Å². The largest absolute Gasteiger partial charge is 0.507 e. The third kappa shape index (κ3) is 2.70. The van der Waals surface area contributed by atoms with Crippen LogP contribution in [0.4, 0.5) is 0 Å². The van der Waals surface area contributed by atoms with Gasteiger partial charge in [0.1, 0.15) is 5.75 Å². The molecule has 1 saturated heterocycles. The summed E-state index contributed by atoms with van der Waals surface area (Å²) in [4.78, 5) is 0. The second-order valence-electron chi connectivity index (χ2n) is 3.37. The number of benzene rings is 1. The second kappa shape index (κ2) is 4.79. The number of nitrogens with zero attached hydrogens (tertiary/aromatic N) is 2. The molecular formula is C11H14N2O2. The van der Waals surface area contributed by atoms with Gasteiger partial charge in [-0.3, -0.25) is 5.01 Å². The maximum Gasteiger partial charge on any atom is 0.124 e. The van der Waals surface area contributed by atoms with Gasteiger partial charge in [0.05, 0.1) is 32.5 Å².